The number of carboxylic acid groups (broad SMARTS) is 1. The van der Waals surface area contributed by atoms with Crippen LogP contribution in [0.2, 0.25) is 0 Å². The van der Waals surface area contributed by atoms with Crippen molar-refractivity contribution in [1.82, 2.24) is 9.97 Å². The standard InChI is InChI=1S/C18H13N3O3/c1-10-19-15-13-7-2-3-8-14(13)24-16(15)17(20-10)21-12-6-4-5-11(9-12)18(22)23/h2-9H,1H3,(H,22,23)(H,19,20,21)/p-1. The van der Waals surface area contributed by atoms with Crippen molar-refractivity contribution in [3.63, 3.8) is 0 Å². The van der Waals surface area contributed by atoms with Crippen LogP contribution >= 0.6 is 0 Å². The van der Waals surface area contributed by atoms with E-state index in [4.69, 9.17) is 4.42 Å². The molecule has 2 aromatic carbocycles. The summed E-state index contributed by atoms with van der Waals surface area (Å²) in [4.78, 5) is 19.9. The van der Waals surface area contributed by atoms with Crippen molar-refractivity contribution in [2.45, 2.75) is 6.92 Å². The van der Waals surface area contributed by atoms with Gasteiger partial charge in [0.1, 0.15) is 16.9 Å². The van der Waals surface area contributed by atoms with E-state index >= 15 is 0 Å². The van der Waals surface area contributed by atoms with Crippen LogP contribution in [0.1, 0.15) is 16.2 Å². The zero-order valence-electron chi connectivity index (χ0n) is 12.7. The minimum Gasteiger partial charge on any atom is -0.545 e. The van der Waals surface area contributed by atoms with Crippen LogP contribution in [0, 0.1) is 6.92 Å². The summed E-state index contributed by atoms with van der Waals surface area (Å²) in [5.74, 6) is -0.150. The second-order valence-electron chi connectivity index (χ2n) is 5.39. The normalized spacial score (nSPS) is 11.0. The van der Waals surface area contributed by atoms with Crippen molar-refractivity contribution < 1.29 is 14.3 Å². The monoisotopic (exact) mass is 318 g/mol. The number of carboxylic acids is 1. The van der Waals surface area contributed by atoms with Crippen LogP contribution in [0.5, 0.6) is 0 Å². The number of aryl methyl sites for hydroxylation is 1. The van der Waals surface area contributed by atoms with Gasteiger partial charge >= 0.3 is 0 Å². The molecule has 0 atom stereocenters. The van der Waals surface area contributed by atoms with Gasteiger partial charge in [0.2, 0.25) is 0 Å². The molecule has 6 heteroatoms. The lowest BCUT2D eigenvalue weighted by Crippen LogP contribution is -2.22. The summed E-state index contributed by atoms with van der Waals surface area (Å²) in [6.45, 7) is 1.80. The molecule has 0 saturated carbocycles. The first-order valence-corrected chi connectivity index (χ1v) is 7.36. The lowest BCUT2D eigenvalue weighted by molar-refractivity contribution is -0.255. The number of rotatable bonds is 3. The Morgan fingerprint density at radius 2 is 1.96 bits per heavy atom. The van der Waals surface area contributed by atoms with E-state index in [1.165, 1.54) is 12.1 Å². The number of hydrogen-bond donors (Lipinski definition) is 1. The maximum absolute atomic E-state index is 11.0. The quantitative estimate of drug-likeness (QED) is 0.624. The predicted octanol–water partition coefficient (Wildman–Crippen LogP) is 2.79. The molecular weight excluding hydrogens is 306 g/mol. The molecule has 0 bridgehead atoms. The summed E-state index contributed by atoms with van der Waals surface area (Å²) in [6.07, 6.45) is 0. The summed E-state index contributed by atoms with van der Waals surface area (Å²) in [5.41, 5.74) is 2.64. The molecule has 0 amide bonds. The van der Waals surface area contributed by atoms with Gasteiger partial charge in [-0.3, -0.25) is 0 Å². The van der Waals surface area contributed by atoms with Gasteiger partial charge in [0, 0.05) is 11.1 Å². The van der Waals surface area contributed by atoms with Gasteiger partial charge in [0.15, 0.2) is 11.4 Å². The second-order valence-corrected chi connectivity index (χ2v) is 5.39. The Kier molecular flexibility index (Phi) is 3.16. The fourth-order valence-electron chi connectivity index (χ4n) is 2.65. The van der Waals surface area contributed by atoms with Crippen LogP contribution in [0.3, 0.4) is 0 Å². The first kappa shape index (κ1) is 14.2. The van der Waals surface area contributed by atoms with Gasteiger partial charge in [-0.25, -0.2) is 9.97 Å². The summed E-state index contributed by atoms with van der Waals surface area (Å²) < 4.78 is 5.87. The Labute approximate surface area is 136 Å². The van der Waals surface area contributed by atoms with E-state index in [9.17, 15) is 9.90 Å². The number of carbonyl (C=O) groups is 1. The third-order valence-electron chi connectivity index (χ3n) is 3.69. The molecule has 0 aliphatic carbocycles. The van der Waals surface area contributed by atoms with Gasteiger partial charge in [-0.15, -0.1) is 0 Å². The predicted molar refractivity (Wildman–Crippen MR) is 88.1 cm³/mol. The summed E-state index contributed by atoms with van der Waals surface area (Å²) in [5, 5.41) is 15.0. The number of nitrogens with one attached hydrogen (secondary N) is 1. The topological polar surface area (TPSA) is 91.1 Å². The molecule has 118 valence electrons. The van der Waals surface area contributed by atoms with Crippen molar-refractivity contribution >= 4 is 39.5 Å². The molecule has 6 nitrogen and oxygen atoms in total. The molecule has 2 heterocycles. The van der Waals surface area contributed by atoms with Gasteiger partial charge < -0.3 is 19.6 Å². The molecule has 1 N–H and O–H groups in total. The van der Waals surface area contributed by atoms with Crippen LogP contribution in [-0.4, -0.2) is 15.9 Å². The van der Waals surface area contributed by atoms with E-state index in [1.54, 1.807) is 19.1 Å². The zero-order chi connectivity index (χ0) is 16.7. The molecule has 24 heavy (non-hydrogen) atoms. The number of anilines is 2. The zero-order valence-corrected chi connectivity index (χ0v) is 12.7. The molecule has 4 aromatic rings. The fourth-order valence-corrected chi connectivity index (χ4v) is 2.65. The van der Waals surface area contributed by atoms with E-state index < -0.39 is 5.97 Å². The third-order valence-corrected chi connectivity index (χ3v) is 3.69. The number of furan rings is 1. The van der Waals surface area contributed by atoms with Gasteiger partial charge in [-0.1, -0.05) is 24.3 Å². The van der Waals surface area contributed by atoms with Crippen LogP contribution in [0.4, 0.5) is 11.5 Å². The number of benzene rings is 2. The minimum atomic E-state index is -1.23. The van der Waals surface area contributed by atoms with E-state index in [-0.39, 0.29) is 5.56 Å². The molecule has 0 unspecified atom stereocenters. The van der Waals surface area contributed by atoms with Crippen LogP contribution in [0.25, 0.3) is 22.1 Å². The number of fused-ring (bicyclic) bond motifs is 3. The highest BCUT2D eigenvalue weighted by Crippen LogP contribution is 2.32. The largest absolute Gasteiger partial charge is 0.545 e. The minimum absolute atomic E-state index is 0.0895. The van der Waals surface area contributed by atoms with Crippen molar-refractivity contribution in [2.24, 2.45) is 0 Å². The van der Waals surface area contributed by atoms with Gasteiger partial charge in [-0.05, 0) is 36.8 Å². The maximum Gasteiger partial charge on any atom is 0.196 e. The highest BCUT2D eigenvalue weighted by molar-refractivity contribution is 6.06. The molecular formula is C18H12N3O3-. The summed E-state index contributed by atoms with van der Waals surface area (Å²) in [6, 6.07) is 14.0. The Hall–Kier alpha value is -3.41. The SMILES string of the molecule is Cc1nc(Nc2cccc(C(=O)[O-])c2)c2oc3ccccc3c2n1. The van der Waals surface area contributed by atoms with Crippen molar-refractivity contribution in [3.8, 4) is 0 Å². The smallest absolute Gasteiger partial charge is 0.196 e. The Balaban J connectivity index is 1.87. The van der Waals surface area contributed by atoms with E-state index in [0.29, 0.717) is 22.9 Å². The molecule has 0 fully saturated rings. The van der Waals surface area contributed by atoms with E-state index in [1.807, 2.05) is 24.3 Å². The number of carbonyl (C=O) groups excluding carboxylic acids is 1. The molecule has 0 saturated heterocycles. The molecule has 2 aromatic heterocycles. The van der Waals surface area contributed by atoms with Crippen molar-refractivity contribution in [3.05, 3.63) is 59.9 Å². The molecule has 0 aliphatic heterocycles. The highest BCUT2D eigenvalue weighted by Gasteiger charge is 2.14. The lowest BCUT2D eigenvalue weighted by Gasteiger charge is -2.09. The number of aromatic carboxylic acids is 1. The molecule has 0 aliphatic rings. The molecule has 0 radical (unpaired) electrons. The van der Waals surface area contributed by atoms with E-state index in [2.05, 4.69) is 15.3 Å². The van der Waals surface area contributed by atoms with Crippen LogP contribution in [-0.2, 0) is 0 Å². The molecule has 0 spiro atoms. The first-order valence-electron chi connectivity index (χ1n) is 7.36. The Morgan fingerprint density at radius 3 is 2.79 bits per heavy atom. The average molecular weight is 318 g/mol. The number of nitrogens with zero attached hydrogens (tertiary/aromatic N) is 2. The van der Waals surface area contributed by atoms with Crippen molar-refractivity contribution in [1.29, 1.82) is 0 Å². The molecule has 4 rings (SSSR count). The lowest BCUT2D eigenvalue weighted by atomic mass is 10.2. The van der Waals surface area contributed by atoms with Gasteiger partial charge in [-0.2, -0.15) is 0 Å². The van der Waals surface area contributed by atoms with E-state index in [0.717, 1.165) is 16.5 Å². The van der Waals surface area contributed by atoms with Gasteiger partial charge in [0.05, 0.1) is 5.97 Å². The number of para-hydroxylation sites is 1. The van der Waals surface area contributed by atoms with Crippen LogP contribution in [0.15, 0.2) is 52.9 Å². The third kappa shape index (κ3) is 2.34. The Morgan fingerprint density at radius 1 is 1.12 bits per heavy atom. The fraction of sp³-hybridized carbons (Fsp3) is 0.0556. The maximum atomic E-state index is 11.0. The first-order chi connectivity index (χ1) is 11.6. The van der Waals surface area contributed by atoms with Crippen LogP contribution < -0.4 is 10.4 Å². The van der Waals surface area contributed by atoms with Gasteiger partial charge in [0.25, 0.3) is 0 Å². The van der Waals surface area contributed by atoms with Crippen molar-refractivity contribution in [2.75, 3.05) is 5.32 Å². The summed E-state index contributed by atoms with van der Waals surface area (Å²) >= 11 is 0. The number of aromatic nitrogens is 2. The average Bonchev–Trinajstić information content (AvgIpc) is 2.94. The highest BCUT2D eigenvalue weighted by atomic mass is 16.4. The summed E-state index contributed by atoms with van der Waals surface area (Å²) in [7, 11) is 0. The number of hydrogen-bond acceptors (Lipinski definition) is 6. The Bertz CT molecular complexity index is 1090. The second kappa shape index (κ2) is 5.34.